The Morgan fingerprint density at radius 2 is 1.81 bits per heavy atom. The Kier molecular flexibility index (Phi) is 6.41. The molecular formula is C23H26NO7+. The summed E-state index contributed by atoms with van der Waals surface area (Å²) in [7, 11) is 3.31. The second-order valence-corrected chi connectivity index (χ2v) is 7.40. The molecule has 4 rings (SSSR count). The number of methoxy groups -OCH3 is 2. The molecule has 0 aromatic heterocycles. The quantitative estimate of drug-likeness (QED) is 0.584. The van der Waals surface area contributed by atoms with Crippen molar-refractivity contribution in [1.82, 2.24) is 0 Å². The van der Waals surface area contributed by atoms with E-state index in [1.165, 1.54) is 0 Å². The summed E-state index contributed by atoms with van der Waals surface area (Å²) >= 11 is 0. The molecule has 31 heavy (non-hydrogen) atoms. The molecule has 2 aromatic rings. The normalized spacial score (nSPS) is 15.6. The van der Waals surface area contributed by atoms with Crippen LogP contribution >= 0.6 is 0 Å². The first-order valence-electron chi connectivity index (χ1n) is 10.1. The molecule has 2 aromatic carbocycles. The van der Waals surface area contributed by atoms with Crippen LogP contribution < -0.4 is 19.1 Å². The zero-order valence-electron chi connectivity index (χ0n) is 17.6. The van der Waals surface area contributed by atoms with Crippen LogP contribution in [0.2, 0.25) is 0 Å². The number of hydrogen-bond donors (Lipinski definition) is 2. The van der Waals surface area contributed by atoms with Crippen molar-refractivity contribution in [2.24, 2.45) is 0 Å². The third-order valence-corrected chi connectivity index (χ3v) is 5.36. The first kappa shape index (κ1) is 21.2. The van der Waals surface area contributed by atoms with Crippen LogP contribution in [0.15, 0.2) is 36.1 Å². The summed E-state index contributed by atoms with van der Waals surface area (Å²) in [6.45, 7) is 3.28. The number of ether oxygens (including phenoxy) is 5. The lowest BCUT2D eigenvalue weighted by Crippen LogP contribution is -3.11. The van der Waals surface area contributed by atoms with Crippen LogP contribution in [0.4, 0.5) is 0 Å². The van der Waals surface area contributed by atoms with E-state index in [1.807, 2.05) is 6.07 Å². The number of nitrogens with one attached hydrogen (secondary N) is 1. The Bertz CT molecular complexity index is 994. The number of rotatable bonds is 9. The van der Waals surface area contributed by atoms with Crippen LogP contribution in [0.1, 0.15) is 21.5 Å². The topological polar surface area (TPSA) is 87.9 Å². The van der Waals surface area contributed by atoms with Gasteiger partial charge in [-0.15, -0.1) is 0 Å². The third-order valence-electron chi connectivity index (χ3n) is 5.36. The highest BCUT2D eigenvalue weighted by atomic mass is 16.7. The van der Waals surface area contributed by atoms with Crippen LogP contribution in [0.3, 0.4) is 0 Å². The zero-order chi connectivity index (χ0) is 21.8. The summed E-state index contributed by atoms with van der Waals surface area (Å²) in [5, 5.41) is 10.5. The van der Waals surface area contributed by atoms with Crippen molar-refractivity contribution in [2.75, 3.05) is 47.3 Å². The smallest absolute Gasteiger partial charge is 0.231 e. The molecule has 2 aliphatic heterocycles. The number of allylic oxidation sites excluding steroid dienone is 1. The summed E-state index contributed by atoms with van der Waals surface area (Å²) in [6, 6.07) is 8.57. The van der Waals surface area contributed by atoms with E-state index in [1.54, 1.807) is 44.6 Å². The molecule has 0 saturated carbocycles. The number of hydrogen-bond acceptors (Lipinski definition) is 7. The van der Waals surface area contributed by atoms with Crippen molar-refractivity contribution in [2.45, 2.75) is 6.54 Å². The van der Waals surface area contributed by atoms with E-state index in [0.29, 0.717) is 48.1 Å². The minimum atomic E-state index is -0.218. The van der Waals surface area contributed by atoms with E-state index in [0.717, 1.165) is 23.6 Å². The molecule has 2 N–H and O–H groups in total. The third kappa shape index (κ3) is 4.51. The summed E-state index contributed by atoms with van der Waals surface area (Å²) in [4.78, 5) is 14.1. The molecule has 164 valence electrons. The first-order valence-corrected chi connectivity index (χ1v) is 10.1. The number of phenols is 1. The van der Waals surface area contributed by atoms with Crippen molar-refractivity contribution < 1.29 is 38.5 Å². The second kappa shape index (κ2) is 9.38. The fraction of sp³-hybridized carbons (Fsp3) is 0.348. The Morgan fingerprint density at radius 3 is 2.55 bits per heavy atom. The molecule has 2 aliphatic rings. The Morgan fingerprint density at radius 1 is 1.06 bits per heavy atom. The summed E-state index contributed by atoms with van der Waals surface area (Å²) in [6.07, 6.45) is 1.67. The van der Waals surface area contributed by atoms with Crippen molar-refractivity contribution in [1.29, 1.82) is 0 Å². The lowest BCUT2D eigenvalue weighted by atomic mass is 10.0. The van der Waals surface area contributed by atoms with Gasteiger partial charge in [0, 0.05) is 14.2 Å². The molecule has 0 fully saturated rings. The maximum Gasteiger partial charge on any atom is 0.231 e. The standard InChI is InChI=1S/C23H25NO7/c1-27-9-7-24(8-10-28-2)13-17-18(25)5-4-16-22(26)21(31-23(16)17)12-15-3-6-19-20(11-15)30-14-29-19/h3-6,11-12,25H,7-10,13-14H2,1-2H3/p+1/b21-12-. The Hall–Kier alpha value is -3.07. The predicted molar refractivity (Wildman–Crippen MR) is 112 cm³/mol. The molecule has 0 unspecified atom stereocenters. The van der Waals surface area contributed by atoms with Gasteiger partial charge >= 0.3 is 0 Å². The maximum absolute atomic E-state index is 13.0. The summed E-state index contributed by atoms with van der Waals surface area (Å²) in [5.74, 6) is 1.80. The molecule has 2 heterocycles. The van der Waals surface area contributed by atoms with E-state index >= 15 is 0 Å². The Labute approximate surface area is 180 Å². The SMILES string of the molecule is COCC[NH+](CCOC)Cc1c(O)ccc2c1O/C(=C\c1ccc3c(c1)OCO3)C2=O. The average Bonchev–Trinajstić information content (AvgIpc) is 3.36. The van der Waals surface area contributed by atoms with Gasteiger partial charge in [-0.25, -0.2) is 0 Å². The van der Waals surface area contributed by atoms with Crippen molar-refractivity contribution in [3.8, 4) is 23.0 Å². The van der Waals surface area contributed by atoms with E-state index in [9.17, 15) is 9.90 Å². The Balaban J connectivity index is 1.60. The van der Waals surface area contributed by atoms with E-state index in [-0.39, 0.29) is 24.1 Å². The lowest BCUT2D eigenvalue weighted by molar-refractivity contribution is -0.914. The van der Waals surface area contributed by atoms with Crippen LogP contribution in [-0.4, -0.2) is 58.2 Å². The van der Waals surface area contributed by atoms with E-state index in [2.05, 4.69) is 0 Å². The van der Waals surface area contributed by atoms with Crippen LogP contribution in [-0.2, 0) is 16.0 Å². The van der Waals surface area contributed by atoms with E-state index in [4.69, 9.17) is 23.7 Å². The molecule has 0 amide bonds. The fourth-order valence-corrected chi connectivity index (χ4v) is 3.67. The number of phenolic OH excluding ortho intramolecular Hbond substituents is 1. The molecule has 8 heteroatoms. The van der Waals surface area contributed by atoms with Crippen LogP contribution in [0.5, 0.6) is 23.0 Å². The largest absolute Gasteiger partial charge is 0.507 e. The molecular weight excluding hydrogens is 402 g/mol. The highest BCUT2D eigenvalue weighted by Gasteiger charge is 2.32. The number of fused-ring (bicyclic) bond motifs is 2. The number of aromatic hydroxyl groups is 1. The molecule has 0 aliphatic carbocycles. The van der Waals surface area contributed by atoms with Crippen molar-refractivity contribution >= 4 is 11.9 Å². The van der Waals surface area contributed by atoms with Gasteiger partial charge in [-0.2, -0.15) is 0 Å². The van der Waals surface area contributed by atoms with Gasteiger partial charge in [0.15, 0.2) is 23.0 Å². The van der Waals surface area contributed by atoms with Crippen molar-refractivity contribution in [3.05, 3.63) is 52.8 Å². The van der Waals surface area contributed by atoms with Crippen LogP contribution in [0, 0.1) is 0 Å². The molecule has 0 atom stereocenters. The molecule has 0 bridgehead atoms. The van der Waals surface area contributed by atoms with Gasteiger partial charge < -0.3 is 33.7 Å². The van der Waals surface area contributed by atoms with Gasteiger partial charge in [0.05, 0.1) is 24.3 Å². The zero-order valence-corrected chi connectivity index (χ0v) is 17.6. The number of ketones is 1. The summed E-state index contributed by atoms with van der Waals surface area (Å²) < 4.78 is 27.1. The molecule has 0 saturated heterocycles. The van der Waals surface area contributed by atoms with Crippen LogP contribution in [0.25, 0.3) is 6.08 Å². The maximum atomic E-state index is 13.0. The summed E-state index contributed by atoms with van der Waals surface area (Å²) in [5.41, 5.74) is 1.80. The second-order valence-electron chi connectivity index (χ2n) is 7.40. The average molecular weight is 428 g/mol. The van der Waals surface area contributed by atoms with Gasteiger partial charge in [0.25, 0.3) is 0 Å². The van der Waals surface area contributed by atoms with Gasteiger partial charge in [-0.05, 0) is 35.9 Å². The number of quaternary nitrogens is 1. The monoisotopic (exact) mass is 428 g/mol. The first-order chi connectivity index (χ1) is 15.1. The van der Waals surface area contributed by atoms with Gasteiger partial charge in [0.1, 0.15) is 25.4 Å². The van der Waals surface area contributed by atoms with Gasteiger partial charge in [-0.1, -0.05) is 6.07 Å². The molecule has 8 nitrogen and oxygen atoms in total. The predicted octanol–water partition coefficient (Wildman–Crippen LogP) is 1.41. The lowest BCUT2D eigenvalue weighted by Gasteiger charge is -2.20. The number of carbonyl (C=O) groups excluding carboxylic acids is 1. The van der Waals surface area contributed by atoms with Gasteiger partial charge in [0.2, 0.25) is 12.6 Å². The number of carbonyl (C=O) groups is 1. The minimum absolute atomic E-state index is 0.100. The van der Waals surface area contributed by atoms with Crippen molar-refractivity contribution in [3.63, 3.8) is 0 Å². The molecule has 0 spiro atoms. The van der Waals surface area contributed by atoms with Gasteiger partial charge in [-0.3, -0.25) is 4.79 Å². The molecule has 0 radical (unpaired) electrons. The number of benzene rings is 2. The number of Topliss-reactive ketones (excluding diaryl/α,β-unsaturated/α-hetero) is 1. The highest BCUT2D eigenvalue weighted by molar-refractivity contribution is 6.15. The highest BCUT2D eigenvalue weighted by Crippen LogP contribution is 2.40. The minimum Gasteiger partial charge on any atom is -0.507 e. The van der Waals surface area contributed by atoms with E-state index < -0.39 is 0 Å². The fourth-order valence-electron chi connectivity index (χ4n) is 3.67.